The Hall–Kier alpha value is -2.03. The summed E-state index contributed by atoms with van der Waals surface area (Å²) in [4.78, 5) is 0. The molecule has 0 radical (unpaired) electrons. The summed E-state index contributed by atoms with van der Waals surface area (Å²) in [6.07, 6.45) is 10.0. The summed E-state index contributed by atoms with van der Waals surface area (Å²) in [7, 11) is 0. The fourth-order valence-corrected chi connectivity index (χ4v) is 1.86. The molecule has 15 heavy (non-hydrogen) atoms. The standard InChI is InChI=1S/C12H9N3/c1-2-6-10-9(4-1)5-3-7-11(10)12-8-13-15-14-12/h1-8,12H/q+2. The van der Waals surface area contributed by atoms with Crippen molar-refractivity contribution < 1.29 is 0 Å². The van der Waals surface area contributed by atoms with Gasteiger partial charge in [-0.2, -0.15) is 0 Å². The second kappa shape index (κ2) is 3.28. The molecular weight excluding hydrogens is 186 g/mol. The Morgan fingerprint density at radius 2 is 2.07 bits per heavy atom. The van der Waals surface area contributed by atoms with Crippen LogP contribution in [0, 0.1) is 12.8 Å². The van der Waals surface area contributed by atoms with Gasteiger partial charge < -0.3 is 0 Å². The molecule has 1 unspecified atom stereocenters. The Labute approximate surface area is 88.2 Å². The number of rotatable bonds is 1. The fraction of sp³-hybridized carbons (Fsp3) is 0.0833. The van der Waals surface area contributed by atoms with E-state index in [0.29, 0.717) is 0 Å². The average Bonchev–Trinajstić information content (AvgIpc) is 2.82. The van der Waals surface area contributed by atoms with E-state index in [0.717, 1.165) is 5.56 Å². The van der Waals surface area contributed by atoms with Crippen LogP contribution in [-0.4, -0.2) is 6.21 Å². The van der Waals surface area contributed by atoms with Gasteiger partial charge in [0.25, 0.3) is 0 Å². The molecule has 0 saturated carbocycles. The first-order chi connectivity index (χ1) is 7.45. The van der Waals surface area contributed by atoms with Crippen molar-refractivity contribution in [1.29, 1.82) is 0 Å². The first-order valence-corrected chi connectivity index (χ1v) is 4.86. The molecule has 1 heterocycles. The maximum atomic E-state index is 4.06. The lowest BCUT2D eigenvalue weighted by atomic mass is 9.90. The minimum absolute atomic E-state index is 0.0175. The first kappa shape index (κ1) is 8.29. The molecule has 1 aromatic carbocycles. The molecule has 2 aliphatic rings. The molecule has 3 rings (SSSR count). The van der Waals surface area contributed by atoms with E-state index in [-0.39, 0.29) is 6.04 Å². The average molecular weight is 195 g/mol. The number of hydrogen-bond donors (Lipinski definition) is 0. The van der Waals surface area contributed by atoms with Crippen molar-refractivity contribution in [2.45, 2.75) is 6.04 Å². The van der Waals surface area contributed by atoms with E-state index in [9.17, 15) is 0 Å². The number of nitrogens with zero attached hydrogens (tertiary/aromatic N) is 3. The van der Waals surface area contributed by atoms with Gasteiger partial charge in [0.15, 0.2) is 17.2 Å². The lowest BCUT2D eigenvalue weighted by Crippen LogP contribution is -2.03. The summed E-state index contributed by atoms with van der Waals surface area (Å²) in [6, 6.07) is 6.20. The van der Waals surface area contributed by atoms with Gasteiger partial charge in [-0.05, 0) is 5.22 Å². The third-order valence-electron chi connectivity index (χ3n) is 2.58. The van der Waals surface area contributed by atoms with Gasteiger partial charge in [0.1, 0.15) is 18.4 Å². The van der Waals surface area contributed by atoms with Crippen LogP contribution >= 0.6 is 0 Å². The fourth-order valence-electron chi connectivity index (χ4n) is 1.86. The highest BCUT2D eigenvalue weighted by Crippen LogP contribution is 2.30. The van der Waals surface area contributed by atoms with E-state index in [1.54, 1.807) is 6.21 Å². The summed E-state index contributed by atoms with van der Waals surface area (Å²) in [6.45, 7) is 0. The van der Waals surface area contributed by atoms with Crippen molar-refractivity contribution in [3.8, 4) is 0 Å². The van der Waals surface area contributed by atoms with E-state index in [2.05, 4.69) is 40.4 Å². The molecule has 3 heteroatoms. The Balaban J connectivity index is 2.09. The zero-order chi connectivity index (χ0) is 10.1. The van der Waals surface area contributed by atoms with Gasteiger partial charge in [-0.3, -0.25) is 0 Å². The monoisotopic (exact) mass is 195 g/mol. The van der Waals surface area contributed by atoms with Gasteiger partial charge in [0, 0.05) is 12.1 Å². The molecule has 0 amide bonds. The second-order valence-electron chi connectivity index (χ2n) is 3.48. The van der Waals surface area contributed by atoms with Crippen molar-refractivity contribution >= 4 is 6.21 Å². The van der Waals surface area contributed by atoms with Crippen molar-refractivity contribution in [2.75, 3.05) is 0 Å². The van der Waals surface area contributed by atoms with E-state index in [4.69, 9.17) is 0 Å². The largest absolute Gasteiger partial charge is 0.196 e. The lowest BCUT2D eigenvalue weighted by molar-refractivity contribution is 0.899. The van der Waals surface area contributed by atoms with E-state index >= 15 is 0 Å². The summed E-state index contributed by atoms with van der Waals surface area (Å²) in [5, 5.41) is 11.5. The highest BCUT2D eigenvalue weighted by molar-refractivity contribution is 5.71. The molecule has 3 nitrogen and oxygen atoms in total. The minimum Gasteiger partial charge on any atom is -0.143 e. The number of allylic oxidation sites excluding steroid dienone is 2. The highest BCUT2D eigenvalue weighted by Gasteiger charge is 2.30. The minimum atomic E-state index is -0.0175. The molecule has 0 bridgehead atoms. The predicted octanol–water partition coefficient (Wildman–Crippen LogP) is 2.85. The summed E-state index contributed by atoms with van der Waals surface area (Å²) in [5.41, 5.74) is 3.61. The highest BCUT2D eigenvalue weighted by atomic mass is 15.4. The van der Waals surface area contributed by atoms with Crippen LogP contribution in [0.4, 0.5) is 0 Å². The van der Waals surface area contributed by atoms with E-state index in [1.807, 2.05) is 18.2 Å². The van der Waals surface area contributed by atoms with Crippen LogP contribution in [0.3, 0.4) is 0 Å². The Bertz CT molecular complexity index is 460. The zero-order valence-electron chi connectivity index (χ0n) is 8.04. The number of benzene rings is 1. The van der Waals surface area contributed by atoms with Gasteiger partial charge in [0.05, 0.1) is 24.4 Å². The molecule has 1 atom stereocenters. The van der Waals surface area contributed by atoms with Crippen LogP contribution in [0.25, 0.3) is 0 Å². The Morgan fingerprint density at radius 1 is 1.13 bits per heavy atom. The molecule has 0 N–H and O–H groups in total. The van der Waals surface area contributed by atoms with Crippen molar-refractivity contribution in [3.63, 3.8) is 0 Å². The molecule has 0 spiro atoms. The van der Waals surface area contributed by atoms with Gasteiger partial charge in [-0.15, -0.1) is 10.2 Å². The second-order valence-corrected chi connectivity index (χ2v) is 3.48. The van der Waals surface area contributed by atoms with Crippen LogP contribution in [0.15, 0.2) is 45.8 Å². The van der Waals surface area contributed by atoms with Crippen LogP contribution in [0.5, 0.6) is 0 Å². The van der Waals surface area contributed by atoms with Crippen molar-refractivity contribution in [3.05, 3.63) is 59.9 Å². The van der Waals surface area contributed by atoms with Gasteiger partial charge in [0.2, 0.25) is 0 Å². The Morgan fingerprint density at radius 3 is 2.93 bits per heavy atom. The lowest BCUT2D eigenvalue weighted by Gasteiger charge is -2.02. The predicted molar refractivity (Wildman–Crippen MR) is 58.5 cm³/mol. The summed E-state index contributed by atoms with van der Waals surface area (Å²) < 4.78 is 0. The molecule has 0 aromatic heterocycles. The number of fused-ring (bicyclic) bond motifs is 1. The normalized spacial score (nSPS) is 20.9. The van der Waals surface area contributed by atoms with Crippen LogP contribution in [0.2, 0.25) is 0 Å². The summed E-state index contributed by atoms with van der Waals surface area (Å²) >= 11 is 0. The zero-order valence-corrected chi connectivity index (χ0v) is 8.04. The van der Waals surface area contributed by atoms with Gasteiger partial charge in [-0.25, -0.2) is 0 Å². The summed E-state index contributed by atoms with van der Waals surface area (Å²) in [5.74, 6) is 0. The molecule has 70 valence electrons. The topological polar surface area (TPSA) is 37.1 Å². The molecule has 1 aliphatic carbocycles. The van der Waals surface area contributed by atoms with Crippen molar-refractivity contribution in [2.24, 2.45) is 15.4 Å². The van der Waals surface area contributed by atoms with E-state index in [1.165, 1.54) is 11.1 Å². The van der Waals surface area contributed by atoms with E-state index < -0.39 is 0 Å². The van der Waals surface area contributed by atoms with Crippen LogP contribution in [0.1, 0.15) is 22.7 Å². The molecule has 1 aromatic rings. The van der Waals surface area contributed by atoms with Crippen molar-refractivity contribution in [1.82, 2.24) is 0 Å². The number of hydrogen-bond acceptors (Lipinski definition) is 3. The Kier molecular flexibility index (Phi) is 1.81. The smallest absolute Gasteiger partial charge is 0.143 e. The van der Waals surface area contributed by atoms with Crippen LogP contribution in [-0.2, 0) is 0 Å². The maximum absolute atomic E-state index is 4.06. The van der Waals surface area contributed by atoms with Crippen LogP contribution < -0.4 is 0 Å². The third kappa shape index (κ3) is 1.32. The quantitative estimate of drug-likeness (QED) is 0.618. The first-order valence-electron chi connectivity index (χ1n) is 4.86. The SMILES string of the molecule is C1=C[CH+]c2c(cccc2C2C=NN=N2)[CH+]1. The third-order valence-corrected chi connectivity index (χ3v) is 2.58. The molecule has 0 fully saturated rings. The maximum Gasteiger partial charge on any atom is 0.196 e. The molecule has 1 aliphatic heterocycles. The van der Waals surface area contributed by atoms with Gasteiger partial charge in [-0.1, -0.05) is 0 Å². The molecular formula is C12H9N3+2. The molecule has 0 saturated heterocycles. The van der Waals surface area contributed by atoms with Gasteiger partial charge >= 0.3 is 0 Å².